The maximum absolute atomic E-state index is 6.00. The summed E-state index contributed by atoms with van der Waals surface area (Å²) in [5, 5.41) is 0. The summed E-state index contributed by atoms with van der Waals surface area (Å²) < 4.78 is 14.4. The summed E-state index contributed by atoms with van der Waals surface area (Å²) >= 11 is 7.77. The number of methoxy groups -OCH3 is 2. The smallest absolute Gasteiger partial charge is 0.123 e. The molecule has 0 heterocycles. The van der Waals surface area contributed by atoms with Crippen molar-refractivity contribution < 1.29 is 9.47 Å². The molecule has 2 nitrogen and oxygen atoms in total. The van der Waals surface area contributed by atoms with E-state index in [-0.39, 0.29) is 5.41 Å². The molecule has 0 aromatic heterocycles. The largest absolute Gasteiger partial charge is 0.496 e. The second kappa shape index (κ2) is 7.00. The van der Waals surface area contributed by atoms with Crippen LogP contribution in [0, 0.1) is 23.2 Å². The first kappa shape index (κ1) is 20.9. The van der Waals surface area contributed by atoms with Crippen LogP contribution in [0.2, 0.25) is 0 Å². The van der Waals surface area contributed by atoms with E-state index in [0.717, 1.165) is 30.3 Å². The molecule has 0 N–H and O–H groups in total. The van der Waals surface area contributed by atoms with E-state index in [2.05, 4.69) is 76.9 Å². The third kappa shape index (κ3) is 2.65. The Hall–Kier alpha value is -1.00. The number of fused-ring (bicyclic) bond motifs is 2. The molecule has 3 aliphatic carbocycles. The molecular formula is C26H30Br2O2. The van der Waals surface area contributed by atoms with Crippen LogP contribution in [0.25, 0.3) is 0 Å². The predicted molar refractivity (Wildman–Crippen MR) is 129 cm³/mol. The molecule has 5 rings (SSSR count). The summed E-state index contributed by atoms with van der Waals surface area (Å²) in [4.78, 5) is 0. The van der Waals surface area contributed by atoms with Crippen molar-refractivity contribution in [3.8, 4) is 11.5 Å². The van der Waals surface area contributed by atoms with Crippen LogP contribution in [0.15, 0.2) is 33.2 Å². The zero-order valence-corrected chi connectivity index (χ0v) is 21.6. The first-order chi connectivity index (χ1) is 14.2. The van der Waals surface area contributed by atoms with Gasteiger partial charge in [-0.15, -0.1) is 0 Å². The zero-order chi connectivity index (χ0) is 21.4. The fraction of sp³-hybridized carbons (Fsp3) is 0.538. The van der Waals surface area contributed by atoms with Crippen LogP contribution < -0.4 is 9.47 Å². The molecule has 0 aliphatic heterocycles. The Kier molecular flexibility index (Phi) is 4.87. The highest BCUT2D eigenvalue weighted by Gasteiger charge is 2.63. The van der Waals surface area contributed by atoms with Gasteiger partial charge in [-0.3, -0.25) is 0 Å². The van der Waals surface area contributed by atoms with Gasteiger partial charge in [-0.2, -0.15) is 0 Å². The molecule has 2 atom stereocenters. The average molecular weight is 534 g/mol. The maximum atomic E-state index is 6.00. The summed E-state index contributed by atoms with van der Waals surface area (Å²) in [7, 11) is 3.63. The van der Waals surface area contributed by atoms with E-state index in [1.165, 1.54) is 44.0 Å². The van der Waals surface area contributed by atoms with Gasteiger partial charge in [-0.1, -0.05) is 52.6 Å². The van der Waals surface area contributed by atoms with Crippen LogP contribution in [0.4, 0.5) is 0 Å². The molecule has 1 fully saturated rings. The highest BCUT2D eigenvalue weighted by Crippen LogP contribution is 2.69. The van der Waals surface area contributed by atoms with E-state index < -0.39 is 0 Å². The second-order valence-corrected chi connectivity index (χ2v) is 12.1. The van der Waals surface area contributed by atoms with Crippen molar-refractivity contribution in [2.24, 2.45) is 23.2 Å². The second-order valence-electron chi connectivity index (χ2n) is 10.4. The molecule has 2 aromatic carbocycles. The molecule has 0 unspecified atom stereocenters. The zero-order valence-electron chi connectivity index (χ0n) is 18.4. The van der Waals surface area contributed by atoms with Crippen LogP contribution in [0.1, 0.15) is 55.9 Å². The van der Waals surface area contributed by atoms with Crippen molar-refractivity contribution in [3.63, 3.8) is 0 Å². The normalized spacial score (nSPS) is 29.1. The van der Waals surface area contributed by atoms with Crippen LogP contribution in [-0.4, -0.2) is 14.2 Å². The minimum absolute atomic E-state index is 0.0311. The topological polar surface area (TPSA) is 18.5 Å². The molecule has 0 radical (unpaired) electrons. The Morgan fingerprint density at radius 2 is 1.23 bits per heavy atom. The van der Waals surface area contributed by atoms with E-state index in [1.54, 1.807) is 0 Å². The minimum Gasteiger partial charge on any atom is -0.496 e. The lowest BCUT2D eigenvalue weighted by Gasteiger charge is -2.50. The number of halogens is 2. The molecule has 0 amide bonds. The number of hydrogen-bond donors (Lipinski definition) is 0. The highest BCUT2D eigenvalue weighted by atomic mass is 79.9. The van der Waals surface area contributed by atoms with Crippen molar-refractivity contribution in [2.45, 2.75) is 51.9 Å². The number of ether oxygens (including phenoxy) is 2. The van der Waals surface area contributed by atoms with Gasteiger partial charge in [-0.05, 0) is 84.2 Å². The average Bonchev–Trinajstić information content (AvgIpc) is 3.24. The van der Waals surface area contributed by atoms with Gasteiger partial charge in [0.2, 0.25) is 0 Å². The molecule has 1 spiro atoms. The molecule has 1 saturated carbocycles. The van der Waals surface area contributed by atoms with Gasteiger partial charge in [0.1, 0.15) is 11.5 Å². The molecule has 30 heavy (non-hydrogen) atoms. The number of benzene rings is 2. The maximum Gasteiger partial charge on any atom is 0.123 e. The van der Waals surface area contributed by atoms with Crippen molar-refractivity contribution in [3.05, 3.63) is 55.5 Å². The van der Waals surface area contributed by atoms with Crippen molar-refractivity contribution >= 4 is 31.9 Å². The van der Waals surface area contributed by atoms with Gasteiger partial charge in [0, 0.05) is 25.5 Å². The van der Waals surface area contributed by atoms with E-state index >= 15 is 0 Å². The predicted octanol–water partition coefficient (Wildman–Crippen LogP) is 7.32. The van der Waals surface area contributed by atoms with E-state index in [4.69, 9.17) is 9.47 Å². The Labute approximate surface area is 197 Å². The lowest BCUT2D eigenvalue weighted by Crippen LogP contribution is -2.46. The quantitative estimate of drug-likeness (QED) is 0.402. The van der Waals surface area contributed by atoms with Crippen molar-refractivity contribution in [1.29, 1.82) is 0 Å². The standard InChI is InChI=1S/C26H30Br2O2/c1-25(2,3)14-10-15-12-17-19(27)6-8-21(29-4)23(17)26(15)16(11-14)13-18-20(28)7-9-22(30-5)24(18)26/h6-9,14-16H,10-13H2,1-5H3/t15-,16-,26?/m0/s1. The Balaban J connectivity index is 1.84. The fourth-order valence-electron chi connectivity index (χ4n) is 6.97. The summed E-state index contributed by atoms with van der Waals surface area (Å²) in [6, 6.07) is 8.62. The summed E-state index contributed by atoms with van der Waals surface area (Å²) in [5.74, 6) is 3.91. The van der Waals surface area contributed by atoms with Crippen LogP contribution in [-0.2, 0) is 18.3 Å². The van der Waals surface area contributed by atoms with Crippen LogP contribution in [0.3, 0.4) is 0 Å². The Morgan fingerprint density at radius 3 is 1.60 bits per heavy atom. The van der Waals surface area contributed by atoms with Crippen molar-refractivity contribution in [2.75, 3.05) is 14.2 Å². The Morgan fingerprint density at radius 1 is 0.800 bits per heavy atom. The molecular weight excluding hydrogens is 504 g/mol. The molecule has 4 heteroatoms. The summed E-state index contributed by atoms with van der Waals surface area (Å²) in [6.07, 6.45) is 4.70. The molecule has 0 saturated heterocycles. The number of rotatable bonds is 2. The van der Waals surface area contributed by atoms with Gasteiger partial charge >= 0.3 is 0 Å². The van der Waals surface area contributed by atoms with Crippen LogP contribution in [0.5, 0.6) is 11.5 Å². The third-order valence-electron chi connectivity index (χ3n) is 8.25. The fourth-order valence-corrected chi connectivity index (χ4v) is 7.95. The first-order valence-corrected chi connectivity index (χ1v) is 12.5. The van der Waals surface area contributed by atoms with Crippen LogP contribution >= 0.6 is 31.9 Å². The Bertz CT molecular complexity index is 945. The highest BCUT2D eigenvalue weighted by molar-refractivity contribution is 9.10. The van der Waals surface area contributed by atoms with Gasteiger partial charge in [-0.25, -0.2) is 0 Å². The molecule has 0 bridgehead atoms. The van der Waals surface area contributed by atoms with Gasteiger partial charge in [0.15, 0.2) is 0 Å². The molecule has 3 aliphatic rings. The lowest BCUT2D eigenvalue weighted by molar-refractivity contribution is 0.0590. The molecule has 2 aromatic rings. The minimum atomic E-state index is -0.0311. The van der Waals surface area contributed by atoms with Gasteiger partial charge in [0.25, 0.3) is 0 Å². The van der Waals surface area contributed by atoms with Crippen molar-refractivity contribution in [1.82, 2.24) is 0 Å². The first-order valence-electron chi connectivity index (χ1n) is 10.9. The SMILES string of the molecule is COc1ccc(Br)c2c1C13c4c(OC)ccc(Br)c4C[C@@H]1CC(C(C)(C)C)C[C@H]3C2. The summed E-state index contributed by atoms with van der Waals surface area (Å²) in [6.45, 7) is 7.26. The number of hydrogen-bond acceptors (Lipinski definition) is 2. The lowest BCUT2D eigenvalue weighted by atomic mass is 9.53. The van der Waals surface area contributed by atoms with E-state index in [1.807, 2.05) is 14.2 Å². The van der Waals surface area contributed by atoms with Gasteiger partial charge < -0.3 is 9.47 Å². The van der Waals surface area contributed by atoms with E-state index in [9.17, 15) is 0 Å². The van der Waals surface area contributed by atoms with E-state index in [0.29, 0.717) is 17.3 Å². The monoisotopic (exact) mass is 532 g/mol. The van der Waals surface area contributed by atoms with Gasteiger partial charge in [0.05, 0.1) is 14.2 Å². The molecule has 160 valence electrons. The summed E-state index contributed by atoms with van der Waals surface area (Å²) in [5.41, 5.74) is 5.99. The third-order valence-corrected chi connectivity index (χ3v) is 9.74.